The summed E-state index contributed by atoms with van der Waals surface area (Å²) in [6.07, 6.45) is 0. The number of nitrogens with two attached hydrogens (primary N) is 1. The molecule has 0 aliphatic carbocycles. The minimum atomic E-state index is -5.12. The smallest absolute Gasteiger partial charge is 0.370 e. The standard InChI is InChI=1S/C5H11NO10P2/c1-2(4(7)15-17(9,10)11)3(6)5(8)16-18(12,13)14/h2-3H,6H2,1H3,(H2,9,10,11)(H2,12,13,14). The van der Waals surface area contributed by atoms with Gasteiger partial charge in [-0.05, 0) is 6.92 Å². The van der Waals surface area contributed by atoms with Gasteiger partial charge in [-0.2, -0.15) is 0 Å². The molecule has 0 heterocycles. The quantitative estimate of drug-likeness (QED) is 0.360. The maximum absolute atomic E-state index is 11.1. The molecule has 0 rings (SSSR count). The lowest BCUT2D eigenvalue weighted by atomic mass is 10.0. The van der Waals surface area contributed by atoms with Crippen molar-refractivity contribution in [2.45, 2.75) is 13.0 Å². The van der Waals surface area contributed by atoms with E-state index < -0.39 is 39.5 Å². The molecular weight excluding hydrogens is 296 g/mol. The Labute approximate surface area is 100 Å². The van der Waals surface area contributed by atoms with Crippen molar-refractivity contribution in [3.63, 3.8) is 0 Å². The second kappa shape index (κ2) is 5.89. The molecule has 0 aromatic carbocycles. The predicted molar refractivity (Wildman–Crippen MR) is 53.4 cm³/mol. The van der Waals surface area contributed by atoms with Crippen LogP contribution in [0.4, 0.5) is 0 Å². The van der Waals surface area contributed by atoms with E-state index in [-0.39, 0.29) is 0 Å². The van der Waals surface area contributed by atoms with Crippen LogP contribution in [-0.4, -0.2) is 37.6 Å². The number of hydrogen-bond acceptors (Lipinski definition) is 7. The average molecular weight is 307 g/mol. The summed E-state index contributed by atoms with van der Waals surface area (Å²) in [5.74, 6) is -4.70. The van der Waals surface area contributed by atoms with Crippen molar-refractivity contribution in [1.29, 1.82) is 0 Å². The summed E-state index contributed by atoms with van der Waals surface area (Å²) in [4.78, 5) is 55.4. The van der Waals surface area contributed by atoms with E-state index in [9.17, 15) is 18.7 Å². The molecular formula is C5H11NO10P2. The maximum Gasteiger partial charge on any atom is 0.527 e. The molecule has 106 valence electrons. The zero-order valence-corrected chi connectivity index (χ0v) is 10.7. The van der Waals surface area contributed by atoms with E-state index in [2.05, 4.69) is 9.05 Å². The van der Waals surface area contributed by atoms with Gasteiger partial charge in [0.15, 0.2) is 0 Å². The fraction of sp³-hybridized carbons (Fsp3) is 0.600. The first kappa shape index (κ1) is 17.2. The Morgan fingerprint density at radius 3 is 1.67 bits per heavy atom. The molecule has 0 spiro atoms. The van der Waals surface area contributed by atoms with Crippen LogP contribution in [0.2, 0.25) is 0 Å². The van der Waals surface area contributed by atoms with Crippen LogP contribution < -0.4 is 5.73 Å². The highest BCUT2D eigenvalue weighted by Gasteiger charge is 2.35. The summed E-state index contributed by atoms with van der Waals surface area (Å²) in [6.45, 7) is 0.962. The van der Waals surface area contributed by atoms with Crippen molar-refractivity contribution in [1.82, 2.24) is 0 Å². The molecule has 18 heavy (non-hydrogen) atoms. The molecule has 2 unspecified atom stereocenters. The highest BCUT2D eigenvalue weighted by atomic mass is 31.2. The summed E-state index contributed by atoms with van der Waals surface area (Å²) in [5, 5.41) is 0. The average Bonchev–Trinajstić information content (AvgIpc) is 2.09. The van der Waals surface area contributed by atoms with Crippen molar-refractivity contribution in [3.05, 3.63) is 0 Å². The molecule has 0 amide bonds. The van der Waals surface area contributed by atoms with E-state index in [0.717, 1.165) is 6.92 Å². The highest BCUT2D eigenvalue weighted by molar-refractivity contribution is 7.47. The molecule has 11 nitrogen and oxygen atoms in total. The van der Waals surface area contributed by atoms with Crippen LogP contribution in [0.3, 0.4) is 0 Å². The lowest BCUT2D eigenvalue weighted by Crippen LogP contribution is -2.41. The van der Waals surface area contributed by atoms with E-state index in [4.69, 9.17) is 25.3 Å². The van der Waals surface area contributed by atoms with Crippen LogP contribution >= 0.6 is 15.6 Å². The van der Waals surface area contributed by atoms with Gasteiger partial charge in [-0.1, -0.05) is 0 Å². The monoisotopic (exact) mass is 307 g/mol. The number of rotatable bonds is 5. The lowest BCUT2D eigenvalue weighted by Gasteiger charge is -2.17. The van der Waals surface area contributed by atoms with Crippen LogP contribution in [0.25, 0.3) is 0 Å². The van der Waals surface area contributed by atoms with Crippen molar-refractivity contribution >= 4 is 27.6 Å². The molecule has 0 bridgehead atoms. The lowest BCUT2D eigenvalue weighted by molar-refractivity contribution is -0.147. The van der Waals surface area contributed by atoms with Crippen LogP contribution in [0.15, 0.2) is 0 Å². The van der Waals surface area contributed by atoms with Gasteiger partial charge in [-0.3, -0.25) is 24.4 Å². The fourth-order valence-corrected chi connectivity index (χ4v) is 1.49. The summed E-state index contributed by atoms with van der Waals surface area (Å²) in [6, 6.07) is -1.85. The Balaban J connectivity index is 4.65. The van der Waals surface area contributed by atoms with Gasteiger partial charge >= 0.3 is 27.6 Å². The number of carbonyl (C=O) groups is 2. The zero-order chi connectivity index (χ0) is 14.7. The Morgan fingerprint density at radius 2 is 1.33 bits per heavy atom. The minimum Gasteiger partial charge on any atom is -0.370 e. The molecule has 2 atom stereocenters. The normalized spacial score (nSPS) is 15.7. The van der Waals surface area contributed by atoms with Gasteiger partial charge < -0.3 is 14.8 Å². The SMILES string of the molecule is CC(C(=O)OP(=O)(O)O)C(N)C(=O)OP(=O)(O)O. The molecule has 0 aromatic heterocycles. The van der Waals surface area contributed by atoms with Crippen LogP contribution in [-0.2, 0) is 27.8 Å². The first-order valence-electron chi connectivity index (χ1n) is 4.17. The summed E-state index contributed by atoms with van der Waals surface area (Å²) in [7, 11) is -10.2. The minimum absolute atomic E-state index is 0.962. The van der Waals surface area contributed by atoms with E-state index in [1.807, 2.05) is 0 Å². The third-order valence-electron chi connectivity index (χ3n) is 1.60. The molecule has 0 aromatic rings. The van der Waals surface area contributed by atoms with Crippen LogP contribution in [0, 0.1) is 5.92 Å². The number of carbonyl (C=O) groups excluding carboxylic acids is 2. The van der Waals surface area contributed by atoms with Crippen molar-refractivity contribution < 1.29 is 47.3 Å². The molecule has 0 aliphatic rings. The third-order valence-corrected chi connectivity index (χ3v) is 2.44. The van der Waals surface area contributed by atoms with Crippen molar-refractivity contribution in [2.75, 3.05) is 0 Å². The summed E-state index contributed by atoms with van der Waals surface area (Å²) in [5.41, 5.74) is 5.12. The van der Waals surface area contributed by atoms with Crippen LogP contribution in [0.5, 0.6) is 0 Å². The van der Waals surface area contributed by atoms with Crippen molar-refractivity contribution in [2.24, 2.45) is 11.7 Å². The molecule has 0 aliphatic heterocycles. The number of phosphoric acid groups is 2. The Morgan fingerprint density at radius 1 is 1.00 bits per heavy atom. The van der Waals surface area contributed by atoms with Crippen molar-refractivity contribution in [3.8, 4) is 0 Å². The highest BCUT2D eigenvalue weighted by Crippen LogP contribution is 2.38. The van der Waals surface area contributed by atoms with Gasteiger partial charge in [-0.15, -0.1) is 0 Å². The van der Waals surface area contributed by atoms with Gasteiger partial charge in [0.1, 0.15) is 6.04 Å². The molecule has 13 heteroatoms. The summed E-state index contributed by atoms with van der Waals surface area (Å²) >= 11 is 0. The first-order valence-corrected chi connectivity index (χ1v) is 7.23. The second-order valence-corrected chi connectivity index (χ2v) is 5.44. The van der Waals surface area contributed by atoms with Gasteiger partial charge in [0.2, 0.25) is 0 Å². The number of phosphoric ester groups is 2. The molecule has 0 saturated carbocycles. The Bertz CT molecular complexity index is 382. The molecule has 0 saturated heterocycles. The van der Waals surface area contributed by atoms with Gasteiger partial charge in [-0.25, -0.2) is 13.9 Å². The maximum atomic E-state index is 11.1. The fourth-order valence-electron chi connectivity index (χ4n) is 0.729. The molecule has 6 N–H and O–H groups in total. The number of hydrogen-bond donors (Lipinski definition) is 5. The first-order chi connectivity index (χ1) is 7.83. The van der Waals surface area contributed by atoms with E-state index in [1.54, 1.807) is 0 Å². The topological polar surface area (TPSA) is 194 Å². The second-order valence-electron chi connectivity index (χ2n) is 3.12. The largest absolute Gasteiger partial charge is 0.527 e. The zero-order valence-electron chi connectivity index (χ0n) is 8.86. The Kier molecular flexibility index (Phi) is 5.63. The Hall–Kier alpha value is -0.800. The third kappa shape index (κ3) is 6.82. The van der Waals surface area contributed by atoms with E-state index in [1.165, 1.54) is 0 Å². The van der Waals surface area contributed by atoms with E-state index in [0.29, 0.717) is 0 Å². The van der Waals surface area contributed by atoms with Crippen LogP contribution in [0.1, 0.15) is 6.92 Å². The predicted octanol–water partition coefficient (Wildman–Crippen LogP) is -1.78. The molecule has 0 fully saturated rings. The van der Waals surface area contributed by atoms with E-state index >= 15 is 0 Å². The van der Waals surface area contributed by atoms with Gasteiger partial charge in [0.25, 0.3) is 0 Å². The van der Waals surface area contributed by atoms with Gasteiger partial charge in [0, 0.05) is 0 Å². The molecule has 0 radical (unpaired) electrons. The van der Waals surface area contributed by atoms with Gasteiger partial charge in [0.05, 0.1) is 5.92 Å². The summed E-state index contributed by atoms with van der Waals surface area (Å²) < 4.78 is 27.9.